The van der Waals surface area contributed by atoms with Crippen LogP contribution in [0.2, 0.25) is 0 Å². The minimum absolute atomic E-state index is 0.0913. The van der Waals surface area contributed by atoms with Crippen LogP contribution in [-0.4, -0.2) is 5.75 Å². The molecule has 1 atom stereocenters. The Morgan fingerprint density at radius 2 is 1.80 bits per heavy atom. The Kier molecular flexibility index (Phi) is 3.29. The largest absolute Gasteiger partial charge is 0.324 e. The summed E-state index contributed by atoms with van der Waals surface area (Å²) in [5.41, 5.74) is 7.35. The van der Waals surface area contributed by atoms with E-state index in [1.807, 2.05) is 0 Å². The first-order valence-corrected chi connectivity index (χ1v) is 5.80. The van der Waals surface area contributed by atoms with Gasteiger partial charge in [-0.3, -0.25) is 0 Å². The molecule has 0 fully saturated rings. The molecule has 0 radical (unpaired) electrons. The lowest BCUT2D eigenvalue weighted by molar-refractivity contribution is 0.712. The molecule has 0 bridgehead atoms. The van der Waals surface area contributed by atoms with Gasteiger partial charge in [-0.1, -0.05) is 42.5 Å². The molecule has 2 aromatic carbocycles. The van der Waals surface area contributed by atoms with Crippen molar-refractivity contribution in [3.8, 4) is 0 Å². The fraction of sp³-hybridized carbons (Fsp3) is 0.231. The number of hydrogen-bond donors (Lipinski definition) is 2. The number of thiol groups is 1. The van der Waals surface area contributed by atoms with E-state index in [0.717, 1.165) is 12.2 Å². The van der Waals surface area contributed by atoms with Crippen LogP contribution in [0.5, 0.6) is 0 Å². The van der Waals surface area contributed by atoms with E-state index in [2.05, 4.69) is 55.1 Å². The third kappa shape index (κ3) is 2.16. The molecule has 15 heavy (non-hydrogen) atoms. The van der Waals surface area contributed by atoms with Crippen molar-refractivity contribution in [1.82, 2.24) is 0 Å². The van der Waals surface area contributed by atoms with Crippen LogP contribution >= 0.6 is 12.6 Å². The van der Waals surface area contributed by atoms with Crippen molar-refractivity contribution in [3.05, 3.63) is 48.0 Å². The van der Waals surface area contributed by atoms with Crippen molar-refractivity contribution in [2.75, 3.05) is 5.75 Å². The van der Waals surface area contributed by atoms with Gasteiger partial charge in [0.25, 0.3) is 0 Å². The fourth-order valence-electron chi connectivity index (χ4n) is 1.87. The Hall–Kier alpha value is -0.990. The van der Waals surface area contributed by atoms with Gasteiger partial charge in [0.15, 0.2) is 0 Å². The van der Waals surface area contributed by atoms with E-state index in [4.69, 9.17) is 5.73 Å². The highest BCUT2D eigenvalue weighted by Gasteiger charge is 2.07. The molecular weight excluding hydrogens is 202 g/mol. The predicted octanol–water partition coefficient (Wildman–Crippen LogP) is 3.16. The van der Waals surface area contributed by atoms with Crippen LogP contribution in [-0.2, 0) is 0 Å². The van der Waals surface area contributed by atoms with Crippen LogP contribution in [0, 0.1) is 0 Å². The maximum absolute atomic E-state index is 6.12. The van der Waals surface area contributed by atoms with Gasteiger partial charge in [-0.2, -0.15) is 12.6 Å². The lowest BCUT2D eigenvalue weighted by Crippen LogP contribution is -2.11. The van der Waals surface area contributed by atoms with E-state index in [9.17, 15) is 0 Å². The summed E-state index contributed by atoms with van der Waals surface area (Å²) in [6.07, 6.45) is 0.914. The summed E-state index contributed by atoms with van der Waals surface area (Å²) in [5, 5.41) is 2.51. The maximum Gasteiger partial charge on any atom is 0.0308 e. The number of benzene rings is 2. The lowest BCUT2D eigenvalue weighted by Gasteiger charge is -2.13. The minimum atomic E-state index is 0.0913. The second kappa shape index (κ2) is 4.69. The molecule has 0 aliphatic heterocycles. The Morgan fingerprint density at radius 3 is 2.60 bits per heavy atom. The Bertz CT molecular complexity index is 448. The molecule has 2 aromatic rings. The van der Waals surface area contributed by atoms with Crippen LogP contribution < -0.4 is 5.73 Å². The monoisotopic (exact) mass is 217 g/mol. The molecule has 0 spiro atoms. The zero-order valence-electron chi connectivity index (χ0n) is 8.56. The molecule has 1 unspecified atom stereocenters. The molecule has 0 amide bonds. The van der Waals surface area contributed by atoms with Crippen molar-refractivity contribution in [3.63, 3.8) is 0 Å². The van der Waals surface area contributed by atoms with E-state index >= 15 is 0 Å². The molecule has 0 aliphatic rings. The molecular formula is C13H15NS. The van der Waals surface area contributed by atoms with E-state index in [1.54, 1.807) is 0 Å². The standard InChI is InChI=1S/C13H15NS/c14-13(8-9-15)12-7-3-5-10-4-1-2-6-11(10)12/h1-7,13,15H,8-9,14H2. The SMILES string of the molecule is NC(CCS)c1cccc2ccccc12. The van der Waals surface area contributed by atoms with Crippen LogP contribution in [0.15, 0.2) is 42.5 Å². The normalized spacial score (nSPS) is 12.9. The third-order valence-electron chi connectivity index (χ3n) is 2.66. The molecule has 0 saturated heterocycles. The van der Waals surface area contributed by atoms with Gasteiger partial charge in [0.2, 0.25) is 0 Å². The average molecular weight is 217 g/mol. The Morgan fingerprint density at radius 1 is 1.07 bits per heavy atom. The summed E-state index contributed by atoms with van der Waals surface area (Å²) in [7, 11) is 0. The van der Waals surface area contributed by atoms with Crippen LogP contribution in [0.3, 0.4) is 0 Å². The third-order valence-corrected chi connectivity index (χ3v) is 2.92. The van der Waals surface area contributed by atoms with Gasteiger partial charge >= 0.3 is 0 Å². The van der Waals surface area contributed by atoms with Crippen molar-refractivity contribution in [2.45, 2.75) is 12.5 Å². The van der Waals surface area contributed by atoms with Gasteiger partial charge in [0.05, 0.1) is 0 Å². The molecule has 0 saturated carbocycles. The molecule has 0 aromatic heterocycles. The zero-order chi connectivity index (χ0) is 10.7. The van der Waals surface area contributed by atoms with Crippen LogP contribution in [0.4, 0.5) is 0 Å². The Labute approximate surface area is 95.7 Å². The summed E-state index contributed by atoms with van der Waals surface area (Å²) < 4.78 is 0. The number of fused-ring (bicyclic) bond motifs is 1. The van der Waals surface area contributed by atoms with Gasteiger partial charge < -0.3 is 5.73 Å². The predicted molar refractivity (Wildman–Crippen MR) is 69.3 cm³/mol. The summed E-state index contributed by atoms with van der Waals surface area (Å²) in [6.45, 7) is 0. The summed E-state index contributed by atoms with van der Waals surface area (Å²) >= 11 is 4.22. The van der Waals surface area contributed by atoms with Crippen molar-refractivity contribution in [2.24, 2.45) is 5.73 Å². The van der Waals surface area contributed by atoms with Crippen LogP contribution in [0.1, 0.15) is 18.0 Å². The molecule has 78 valence electrons. The lowest BCUT2D eigenvalue weighted by atomic mass is 9.98. The van der Waals surface area contributed by atoms with E-state index < -0.39 is 0 Å². The van der Waals surface area contributed by atoms with Gasteiger partial charge in [0, 0.05) is 6.04 Å². The molecule has 0 aliphatic carbocycles. The smallest absolute Gasteiger partial charge is 0.0308 e. The minimum Gasteiger partial charge on any atom is -0.324 e. The molecule has 1 nitrogen and oxygen atoms in total. The van der Waals surface area contributed by atoms with Crippen molar-refractivity contribution >= 4 is 23.4 Å². The molecule has 2 rings (SSSR count). The first-order valence-electron chi connectivity index (χ1n) is 5.17. The summed E-state index contributed by atoms with van der Waals surface area (Å²) in [5.74, 6) is 0.824. The second-order valence-corrected chi connectivity index (χ2v) is 4.13. The quantitative estimate of drug-likeness (QED) is 0.759. The number of hydrogen-bond acceptors (Lipinski definition) is 2. The number of nitrogens with two attached hydrogens (primary N) is 1. The van der Waals surface area contributed by atoms with Gasteiger partial charge in [-0.15, -0.1) is 0 Å². The number of rotatable bonds is 3. The highest BCUT2D eigenvalue weighted by Crippen LogP contribution is 2.24. The highest BCUT2D eigenvalue weighted by atomic mass is 32.1. The van der Waals surface area contributed by atoms with Crippen molar-refractivity contribution in [1.29, 1.82) is 0 Å². The Balaban J connectivity index is 2.50. The topological polar surface area (TPSA) is 26.0 Å². The van der Waals surface area contributed by atoms with Gasteiger partial charge in [-0.25, -0.2) is 0 Å². The van der Waals surface area contributed by atoms with E-state index in [-0.39, 0.29) is 6.04 Å². The molecule has 2 N–H and O–H groups in total. The zero-order valence-corrected chi connectivity index (χ0v) is 9.45. The molecule has 2 heteroatoms. The molecule has 0 heterocycles. The van der Waals surface area contributed by atoms with Crippen molar-refractivity contribution < 1.29 is 0 Å². The summed E-state index contributed by atoms with van der Waals surface area (Å²) in [4.78, 5) is 0. The van der Waals surface area contributed by atoms with Gasteiger partial charge in [-0.05, 0) is 28.5 Å². The first kappa shape index (κ1) is 10.5. The van der Waals surface area contributed by atoms with E-state index in [0.29, 0.717) is 0 Å². The van der Waals surface area contributed by atoms with E-state index in [1.165, 1.54) is 16.3 Å². The van der Waals surface area contributed by atoms with Gasteiger partial charge in [0.1, 0.15) is 0 Å². The summed E-state index contributed by atoms with van der Waals surface area (Å²) in [6, 6.07) is 14.7. The highest BCUT2D eigenvalue weighted by molar-refractivity contribution is 7.80. The first-order chi connectivity index (χ1) is 7.33. The van der Waals surface area contributed by atoms with Crippen LogP contribution in [0.25, 0.3) is 10.8 Å². The second-order valence-electron chi connectivity index (χ2n) is 3.69. The maximum atomic E-state index is 6.12. The average Bonchev–Trinajstić information content (AvgIpc) is 2.28. The fourth-order valence-corrected chi connectivity index (χ4v) is 2.15.